The van der Waals surface area contributed by atoms with Crippen molar-refractivity contribution in [2.75, 3.05) is 12.3 Å². The molecular weight excluding hydrogens is 710 g/mol. The van der Waals surface area contributed by atoms with Crippen LogP contribution in [0.25, 0.3) is 0 Å². The SMILES string of the molecule is CCCCC/C=C\C/C=C\C/C=C\C/C=C\CCCC(=O)O.CCCCC/C=C\C/C=C\CCCCCCCC(=O)O.NCCS(=O)(=O)O.P.[CaH2]. The van der Waals surface area contributed by atoms with Crippen LogP contribution < -0.4 is 5.73 Å². The van der Waals surface area contributed by atoms with Crippen molar-refractivity contribution in [2.24, 2.45) is 5.73 Å². The van der Waals surface area contributed by atoms with Crippen LogP contribution in [0.3, 0.4) is 0 Å². The van der Waals surface area contributed by atoms with E-state index in [0.29, 0.717) is 6.42 Å². The average Bonchev–Trinajstić information content (AvgIpc) is 3.04. The van der Waals surface area contributed by atoms with Crippen LogP contribution >= 0.6 is 9.90 Å². The van der Waals surface area contributed by atoms with Gasteiger partial charge in [-0.2, -0.15) is 18.3 Å². The number of hydrogen-bond donors (Lipinski definition) is 4. The van der Waals surface area contributed by atoms with Crippen molar-refractivity contribution in [3.63, 3.8) is 0 Å². The Hall–Kier alpha value is -1.06. The van der Waals surface area contributed by atoms with Crippen molar-refractivity contribution in [2.45, 2.75) is 155 Å². The summed E-state index contributed by atoms with van der Waals surface area (Å²) in [6.07, 6.45) is 49.6. The van der Waals surface area contributed by atoms with Gasteiger partial charge in [-0.05, 0) is 83.5 Å². The molecule has 0 heterocycles. The van der Waals surface area contributed by atoms with Gasteiger partial charge in [0.15, 0.2) is 0 Å². The number of aliphatic carboxylic acids is 2. The normalized spacial score (nSPS) is 11.5. The second-order valence-electron chi connectivity index (χ2n) is 11.8. The van der Waals surface area contributed by atoms with Gasteiger partial charge >= 0.3 is 49.7 Å². The number of rotatable bonds is 30. The zero-order chi connectivity index (χ0) is 37.1. The van der Waals surface area contributed by atoms with Crippen LogP contribution in [0, 0.1) is 0 Å². The summed E-state index contributed by atoms with van der Waals surface area (Å²) in [5, 5.41) is 17.0. The standard InChI is InChI=1S/C20H32O2.C18H32O2.C2H7NO3S.Ca.H3P.2H/c1-2-3-4-5-6-7-8-9-10-11-12-13-14-15-16-17-18-19-20(21)22;1-2-3-4-5-6-7-8-9-10-11-12-13-14-15-16-17-18(19)20;3-1-2-7(4,5)6;;;;/h6-7,9-10,12-13,15-16H,2-5,8,11,14,17-19H2,1H3,(H,21,22);6-7,9-10H,2-5,8,11-17H2,1H3,(H,19,20);1-3H2,(H,4,5,6);;1H3;;/b7-6-,10-9-,13-12-,16-15-;7-6-,10-9-;;;;;. The van der Waals surface area contributed by atoms with Gasteiger partial charge in [0.25, 0.3) is 10.1 Å². The van der Waals surface area contributed by atoms with Gasteiger partial charge in [-0.25, -0.2) is 0 Å². The van der Waals surface area contributed by atoms with E-state index in [1.807, 2.05) is 0 Å². The van der Waals surface area contributed by atoms with E-state index in [2.05, 4.69) is 86.8 Å². The van der Waals surface area contributed by atoms with E-state index < -0.39 is 22.1 Å². The summed E-state index contributed by atoms with van der Waals surface area (Å²) in [5.41, 5.74) is 4.78. The summed E-state index contributed by atoms with van der Waals surface area (Å²) >= 11 is 0. The zero-order valence-corrected chi connectivity index (χ0v) is 33.8. The van der Waals surface area contributed by atoms with Crippen LogP contribution in [0.2, 0.25) is 0 Å². The molecule has 0 rings (SSSR count). The minimum absolute atomic E-state index is 0. The van der Waals surface area contributed by atoms with E-state index in [-0.39, 0.29) is 66.4 Å². The Morgan fingerprint density at radius 1 is 0.510 bits per heavy atom. The van der Waals surface area contributed by atoms with Crippen LogP contribution in [-0.2, 0) is 19.7 Å². The molecule has 296 valence electrons. The molecule has 0 aromatic carbocycles. The first-order valence-corrected chi connectivity index (χ1v) is 20.2. The van der Waals surface area contributed by atoms with E-state index in [1.165, 1.54) is 70.6 Å². The van der Waals surface area contributed by atoms with Crippen molar-refractivity contribution >= 4 is 69.7 Å². The first-order chi connectivity index (χ1) is 23.6. The van der Waals surface area contributed by atoms with E-state index in [1.54, 1.807) is 0 Å². The molecule has 0 aliphatic rings. The fraction of sp³-hybridized carbons (Fsp3) is 0.650. The molecule has 0 saturated heterocycles. The van der Waals surface area contributed by atoms with Gasteiger partial charge in [0, 0.05) is 19.4 Å². The molecule has 1 atom stereocenters. The second kappa shape index (κ2) is 51.0. The monoisotopic (exact) mass is 785 g/mol. The fourth-order valence-electron chi connectivity index (χ4n) is 4.17. The van der Waals surface area contributed by atoms with Crippen molar-refractivity contribution in [3.8, 4) is 0 Å². The average molecular weight is 786 g/mol. The van der Waals surface area contributed by atoms with Crippen molar-refractivity contribution in [1.29, 1.82) is 0 Å². The Labute approximate surface area is 346 Å². The van der Waals surface area contributed by atoms with Crippen molar-refractivity contribution in [3.05, 3.63) is 72.9 Å². The second-order valence-corrected chi connectivity index (χ2v) is 13.4. The van der Waals surface area contributed by atoms with Crippen LogP contribution in [0.5, 0.6) is 0 Å². The summed E-state index contributed by atoms with van der Waals surface area (Å²) in [5.74, 6) is -1.74. The molecule has 0 fully saturated rings. The Bertz CT molecular complexity index is 1030. The van der Waals surface area contributed by atoms with Crippen LogP contribution in [-0.4, -0.2) is 85.2 Å². The molecule has 11 heteroatoms. The molecule has 0 bridgehead atoms. The first-order valence-electron chi connectivity index (χ1n) is 18.6. The zero-order valence-electron chi connectivity index (χ0n) is 31.6. The molecule has 0 spiro atoms. The van der Waals surface area contributed by atoms with Gasteiger partial charge in [0.2, 0.25) is 0 Å². The van der Waals surface area contributed by atoms with Gasteiger partial charge in [0.1, 0.15) is 0 Å². The Morgan fingerprint density at radius 2 is 0.804 bits per heavy atom. The van der Waals surface area contributed by atoms with E-state index in [9.17, 15) is 18.0 Å². The van der Waals surface area contributed by atoms with Crippen molar-refractivity contribution in [1.82, 2.24) is 0 Å². The third kappa shape index (κ3) is 71.1. The molecular formula is C40H76CaNO7PS. The van der Waals surface area contributed by atoms with Gasteiger partial charge in [-0.1, -0.05) is 132 Å². The number of allylic oxidation sites excluding steroid dienone is 12. The molecule has 8 nitrogen and oxygen atoms in total. The van der Waals surface area contributed by atoms with E-state index in [0.717, 1.165) is 57.8 Å². The summed E-state index contributed by atoms with van der Waals surface area (Å²) < 4.78 is 27.3. The first kappa shape index (κ1) is 59.2. The third-order valence-corrected chi connectivity index (χ3v) is 7.69. The van der Waals surface area contributed by atoms with Gasteiger partial charge in [0.05, 0.1) is 5.75 Å². The molecule has 0 saturated carbocycles. The molecule has 0 aliphatic carbocycles. The predicted molar refractivity (Wildman–Crippen MR) is 228 cm³/mol. The summed E-state index contributed by atoms with van der Waals surface area (Å²) in [6, 6.07) is 0. The Morgan fingerprint density at radius 3 is 1.12 bits per heavy atom. The quantitative estimate of drug-likeness (QED) is 0.0184. The third-order valence-electron chi connectivity index (χ3n) is 6.94. The Kier molecular flexibility index (Phi) is 59.3. The molecule has 0 amide bonds. The topological polar surface area (TPSA) is 155 Å². The molecule has 51 heavy (non-hydrogen) atoms. The summed E-state index contributed by atoms with van der Waals surface area (Å²) in [7, 11) is -3.80. The van der Waals surface area contributed by atoms with Gasteiger partial charge in [-0.15, -0.1) is 0 Å². The molecule has 1 unspecified atom stereocenters. The maximum atomic E-state index is 10.3. The molecule has 0 radical (unpaired) electrons. The van der Waals surface area contributed by atoms with Crippen LogP contribution in [0.4, 0.5) is 0 Å². The molecule has 0 aliphatic heterocycles. The van der Waals surface area contributed by atoms with Crippen LogP contribution in [0.1, 0.15) is 155 Å². The number of carbonyl (C=O) groups is 2. The Balaban J connectivity index is -0.000000226. The molecule has 5 N–H and O–H groups in total. The summed E-state index contributed by atoms with van der Waals surface area (Å²) in [6.45, 7) is 4.44. The summed E-state index contributed by atoms with van der Waals surface area (Å²) in [4.78, 5) is 20.6. The van der Waals surface area contributed by atoms with E-state index in [4.69, 9.17) is 20.5 Å². The van der Waals surface area contributed by atoms with Gasteiger partial charge in [-0.3, -0.25) is 14.1 Å². The van der Waals surface area contributed by atoms with Crippen molar-refractivity contribution < 1.29 is 32.8 Å². The molecule has 0 aromatic heterocycles. The molecule has 0 aromatic rings. The number of hydrogen-bond acceptors (Lipinski definition) is 5. The van der Waals surface area contributed by atoms with Crippen LogP contribution in [0.15, 0.2) is 72.9 Å². The number of carboxylic acids is 2. The van der Waals surface area contributed by atoms with E-state index >= 15 is 0 Å². The number of unbranched alkanes of at least 4 members (excludes halogenated alkanes) is 12. The van der Waals surface area contributed by atoms with Gasteiger partial charge < -0.3 is 15.9 Å². The fourth-order valence-corrected chi connectivity index (χ4v) is 4.47. The number of nitrogens with two attached hydrogens (primary N) is 1. The minimum atomic E-state index is -3.80. The predicted octanol–water partition coefficient (Wildman–Crippen LogP) is 10.1. The number of carboxylic acid groups (broad SMARTS) is 2. The maximum absolute atomic E-state index is 10.3.